The van der Waals surface area contributed by atoms with Gasteiger partial charge in [0.05, 0.1) is 23.7 Å². The van der Waals surface area contributed by atoms with Crippen LogP contribution in [-0.4, -0.2) is 52.3 Å². The molecule has 0 saturated carbocycles. The number of carbonyl (C=O) groups excluding carboxylic acids is 2. The zero-order valence-electron chi connectivity index (χ0n) is 22.4. The van der Waals surface area contributed by atoms with E-state index in [1.165, 1.54) is 0 Å². The summed E-state index contributed by atoms with van der Waals surface area (Å²) in [6.07, 6.45) is -0.503. The van der Waals surface area contributed by atoms with Gasteiger partial charge in [0.2, 0.25) is 5.91 Å². The summed E-state index contributed by atoms with van der Waals surface area (Å²) in [5.41, 5.74) is 1.53. The molecular weight excluding hydrogens is 472 g/mol. The van der Waals surface area contributed by atoms with Crippen molar-refractivity contribution in [2.75, 3.05) is 40.8 Å². The maximum Gasteiger partial charge on any atom is 0.429 e. The van der Waals surface area contributed by atoms with Crippen molar-refractivity contribution in [3.63, 3.8) is 0 Å². The molecule has 1 heterocycles. The normalized spacial score (nSPS) is 14.1. The molecule has 2 rings (SSSR count). The number of hydrogen-bond acceptors (Lipinski definition) is 7. The number of fused-ring (bicyclic) bond motifs is 1. The van der Waals surface area contributed by atoms with Crippen molar-refractivity contribution >= 4 is 39.3 Å². The van der Waals surface area contributed by atoms with Crippen LogP contribution in [0.3, 0.4) is 0 Å². The minimum absolute atomic E-state index is 0.0939. The summed E-state index contributed by atoms with van der Waals surface area (Å²) >= 11 is 0. The van der Waals surface area contributed by atoms with E-state index < -0.39 is 27.3 Å². The van der Waals surface area contributed by atoms with Crippen molar-refractivity contribution in [1.82, 2.24) is 0 Å². The molecule has 1 aromatic rings. The first-order chi connectivity index (χ1) is 15.9. The fourth-order valence-corrected chi connectivity index (χ4v) is 4.76. The monoisotopic (exact) mass is 512 g/mol. The fourth-order valence-electron chi connectivity index (χ4n) is 3.99. The Labute approximate surface area is 209 Å². The van der Waals surface area contributed by atoms with Gasteiger partial charge in [-0.3, -0.25) is 4.79 Å². The first-order valence-corrected chi connectivity index (χ1v) is 13.3. The Bertz CT molecular complexity index is 1090. The van der Waals surface area contributed by atoms with E-state index in [-0.39, 0.29) is 11.6 Å². The molecule has 35 heavy (non-hydrogen) atoms. The third-order valence-corrected chi connectivity index (χ3v) is 6.50. The van der Waals surface area contributed by atoms with Crippen LogP contribution in [0, 0.1) is 19.3 Å². The van der Waals surface area contributed by atoms with E-state index in [2.05, 4.69) is 10.2 Å². The minimum atomic E-state index is -4.54. The Kier molecular flexibility index (Phi) is 8.51. The molecule has 0 spiro atoms. The molecule has 198 valence electrons. The number of nitrogens with zero attached hydrogens (tertiary/aromatic N) is 2. The molecule has 10 nitrogen and oxygen atoms in total. The average Bonchev–Trinajstić information content (AvgIpc) is 3.09. The van der Waals surface area contributed by atoms with Crippen LogP contribution in [0.25, 0.3) is 0 Å². The van der Waals surface area contributed by atoms with Crippen molar-refractivity contribution < 1.29 is 27.5 Å². The first kappa shape index (κ1) is 28.9. The van der Waals surface area contributed by atoms with Crippen LogP contribution in [0.5, 0.6) is 0 Å². The molecule has 0 aromatic heterocycles. The van der Waals surface area contributed by atoms with Crippen LogP contribution in [0.4, 0.5) is 21.9 Å². The number of anilines is 3. The third-order valence-electron chi connectivity index (χ3n) is 5.65. The SMILES string of the molecule is CCOCCN1CCc2c(C)c(N(C(=O)OC(C)(C)C)S(N)(=O)=O)c(C)c(NC(=O)C(C)(C)C)c21. The molecule has 0 unspecified atom stereocenters. The summed E-state index contributed by atoms with van der Waals surface area (Å²) in [7, 11) is -4.54. The van der Waals surface area contributed by atoms with E-state index in [0.717, 1.165) is 11.3 Å². The number of nitrogens with two attached hydrogens (primary N) is 1. The van der Waals surface area contributed by atoms with Crippen LogP contribution in [-0.2, 0) is 30.9 Å². The number of carbonyl (C=O) groups is 2. The molecule has 1 aliphatic rings. The van der Waals surface area contributed by atoms with Crippen molar-refractivity contribution in [3.05, 3.63) is 16.7 Å². The number of ether oxygens (including phenoxy) is 2. The van der Waals surface area contributed by atoms with Gasteiger partial charge >= 0.3 is 16.3 Å². The lowest BCUT2D eigenvalue weighted by atomic mass is 9.93. The van der Waals surface area contributed by atoms with E-state index >= 15 is 0 Å². The van der Waals surface area contributed by atoms with Crippen LogP contribution in [0.15, 0.2) is 0 Å². The predicted molar refractivity (Wildman–Crippen MR) is 138 cm³/mol. The molecule has 0 atom stereocenters. The number of nitrogens with one attached hydrogen (secondary N) is 1. The number of hydrogen-bond donors (Lipinski definition) is 2. The lowest BCUT2D eigenvalue weighted by molar-refractivity contribution is -0.123. The second kappa shape index (κ2) is 10.3. The highest BCUT2D eigenvalue weighted by Crippen LogP contribution is 2.46. The van der Waals surface area contributed by atoms with Crippen molar-refractivity contribution in [1.29, 1.82) is 0 Å². The second-order valence-electron chi connectivity index (χ2n) is 10.7. The lowest BCUT2D eigenvalue weighted by Gasteiger charge is -2.31. The summed E-state index contributed by atoms with van der Waals surface area (Å²) in [5.74, 6) is -0.242. The van der Waals surface area contributed by atoms with Crippen LogP contribution >= 0.6 is 0 Å². The van der Waals surface area contributed by atoms with Gasteiger partial charge in [0.1, 0.15) is 5.60 Å². The molecular formula is C24H40N4O6S. The molecule has 1 aromatic carbocycles. The Morgan fingerprint density at radius 3 is 2.20 bits per heavy atom. The number of rotatable bonds is 7. The lowest BCUT2D eigenvalue weighted by Crippen LogP contribution is -2.45. The molecule has 2 amide bonds. The summed E-state index contributed by atoms with van der Waals surface area (Å²) in [4.78, 5) is 28.2. The van der Waals surface area contributed by atoms with Crippen LogP contribution in [0.2, 0.25) is 0 Å². The largest absolute Gasteiger partial charge is 0.443 e. The third kappa shape index (κ3) is 6.65. The standard InChI is InChI=1S/C24H40N4O6S/c1-10-33-14-13-27-12-11-17-15(2)19(28(35(25,31)32)22(30)34-24(7,8)9)16(3)18(20(17)27)26-21(29)23(4,5)6/h10-14H2,1-9H3,(H,26,29)(H2,25,31,32). The molecule has 0 bridgehead atoms. The van der Waals surface area contributed by atoms with E-state index in [0.29, 0.717) is 53.8 Å². The number of amides is 2. The second-order valence-corrected chi connectivity index (χ2v) is 12.1. The molecule has 1 aliphatic heterocycles. The van der Waals surface area contributed by atoms with E-state index in [1.807, 2.05) is 6.92 Å². The zero-order chi connectivity index (χ0) is 26.9. The Morgan fingerprint density at radius 2 is 1.71 bits per heavy atom. The van der Waals surface area contributed by atoms with Gasteiger partial charge in [0.25, 0.3) is 0 Å². The van der Waals surface area contributed by atoms with Crippen molar-refractivity contribution in [3.8, 4) is 0 Å². The molecule has 0 aliphatic carbocycles. The van der Waals surface area contributed by atoms with Crippen molar-refractivity contribution in [2.24, 2.45) is 10.6 Å². The topological polar surface area (TPSA) is 131 Å². The van der Waals surface area contributed by atoms with E-state index in [4.69, 9.17) is 14.6 Å². The van der Waals surface area contributed by atoms with Gasteiger partial charge < -0.3 is 19.7 Å². The molecule has 3 N–H and O–H groups in total. The molecule has 0 fully saturated rings. The molecule has 0 radical (unpaired) electrons. The Balaban J connectivity index is 2.79. The fraction of sp³-hybridized carbons (Fsp3) is 0.667. The maximum absolute atomic E-state index is 13.1. The smallest absolute Gasteiger partial charge is 0.429 e. The summed E-state index contributed by atoms with van der Waals surface area (Å²) in [6, 6.07) is 0. The predicted octanol–water partition coefficient (Wildman–Crippen LogP) is 3.63. The highest BCUT2D eigenvalue weighted by atomic mass is 32.2. The number of benzene rings is 1. The van der Waals surface area contributed by atoms with Gasteiger partial charge in [-0.15, -0.1) is 0 Å². The van der Waals surface area contributed by atoms with Gasteiger partial charge in [0, 0.05) is 30.7 Å². The average molecular weight is 513 g/mol. The Hall–Kier alpha value is -2.37. The molecule has 11 heteroatoms. The van der Waals surface area contributed by atoms with E-state index in [9.17, 15) is 18.0 Å². The van der Waals surface area contributed by atoms with Gasteiger partial charge in [-0.1, -0.05) is 20.8 Å². The maximum atomic E-state index is 13.1. The zero-order valence-corrected chi connectivity index (χ0v) is 23.2. The Morgan fingerprint density at radius 1 is 1.11 bits per heavy atom. The molecule has 0 saturated heterocycles. The van der Waals surface area contributed by atoms with Crippen LogP contribution in [0.1, 0.15) is 65.2 Å². The quantitative estimate of drug-likeness (QED) is 0.533. The van der Waals surface area contributed by atoms with Gasteiger partial charge in [-0.2, -0.15) is 12.7 Å². The van der Waals surface area contributed by atoms with Gasteiger partial charge in [-0.25, -0.2) is 9.93 Å². The summed E-state index contributed by atoms with van der Waals surface area (Å²) < 4.78 is 36.8. The van der Waals surface area contributed by atoms with Crippen molar-refractivity contribution in [2.45, 2.75) is 74.3 Å². The highest BCUT2D eigenvalue weighted by Gasteiger charge is 2.38. The summed E-state index contributed by atoms with van der Waals surface area (Å²) in [6.45, 7) is 18.0. The van der Waals surface area contributed by atoms with Gasteiger partial charge in [-0.05, 0) is 59.1 Å². The van der Waals surface area contributed by atoms with Gasteiger partial charge in [0.15, 0.2) is 0 Å². The highest BCUT2D eigenvalue weighted by molar-refractivity contribution is 7.91. The first-order valence-electron chi connectivity index (χ1n) is 11.8. The van der Waals surface area contributed by atoms with E-state index in [1.54, 1.807) is 55.4 Å². The summed E-state index contributed by atoms with van der Waals surface area (Å²) in [5, 5.41) is 8.52. The van der Waals surface area contributed by atoms with Crippen LogP contribution < -0.4 is 19.7 Å². The minimum Gasteiger partial charge on any atom is -0.443 e.